The van der Waals surface area contributed by atoms with Crippen LogP contribution in [0.3, 0.4) is 0 Å². The standard InChI is InChI=1S/C19H22N4OS/c1-2-3-4-5-9-12-17-22-23-19(25-17)21-18(24)16(14-20)13-15-10-7-6-8-11-15/h6-8,10-11,13H,2-5,9,12H2,1H3,(H,21,23,24)/b16-13-. The fourth-order valence-corrected chi connectivity index (χ4v) is 3.09. The molecule has 0 saturated heterocycles. The van der Waals surface area contributed by atoms with Crippen LogP contribution in [0, 0.1) is 11.3 Å². The molecule has 6 heteroatoms. The summed E-state index contributed by atoms with van der Waals surface area (Å²) in [6.07, 6.45) is 8.45. The van der Waals surface area contributed by atoms with Gasteiger partial charge < -0.3 is 0 Å². The van der Waals surface area contributed by atoms with E-state index in [1.54, 1.807) is 6.08 Å². The average Bonchev–Trinajstić information content (AvgIpc) is 3.07. The van der Waals surface area contributed by atoms with Gasteiger partial charge in [-0.25, -0.2) is 0 Å². The molecule has 5 nitrogen and oxygen atoms in total. The van der Waals surface area contributed by atoms with Crippen molar-refractivity contribution in [1.29, 1.82) is 5.26 Å². The van der Waals surface area contributed by atoms with Crippen LogP contribution in [-0.4, -0.2) is 16.1 Å². The van der Waals surface area contributed by atoms with E-state index < -0.39 is 5.91 Å². The molecule has 0 saturated carbocycles. The van der Waals surface area contributed by atoms with Crippen molar-refractivity contribution in [3.8, 4) is 6.07 Å². The molecular weight excluding hydrogens is 332 g/mol. The maximum atomic E-state index is 12.2. The zero-order valence-corrected chi connectivity index (χ0v) is 15.2. The second kappa shape index (κ2) is 10.4. The number of aromatic nitrogens is 2. The number of rotatable bonds is 9. The predicted octanol–water partition coefficient (Wildman–Crippen LogP) is 4.60. The highest BCUT2D eigenvalue weighted by molar-refractivity contribution is 7.15. The van der Waals surface area contributed by atoms with Crippen molar-refractivity contribution in [3.63, 3.8) is 0 Å². The molecule has 1 aromatic heterocycles. The molecule has 0 aliphatic rings. The molecule has 130 valence electrons. The maximum absolute atomic E-state index is 12.2. The number of hydrogen-bond acceptors (Lipinski definition) is 5. The van der Waals surface area contributed by atoms with Gasteiger partial charge in [0.1, 0.15) is 16.6 Å². The topological polar surface area (TPSA) is 78.7 Å². The van der Waals surface area contributed by atoms with Crippen molar-refractivity contribution in [2.24, 2.45) is 0 Å². The second-order valence-corrected chi connectivity index (χ2v) is 6.76. The molecule has 0 aliphatic heterocycles. The normalized spacial score (nSPS) is 11.1. The van der Waals surface area contributed by atoms with E-state index in [9.17, 15) is 10.1 Å². The molecule has 0 fully saturated rings. The Labute approximate surface area is 152 Å². The summed E-state index contributed by atoms with van der Waals surface area (Å²) in [5, 5.41) is 21.3. The van der Waals surface area contributed by atoms with Crippen molar-refractivity contribution >= 4 is 28.5 Å². The molecule has 0 aliphatic carbocycles. The molecule has 2 rings (SSSR count). The van der Waals surface area contributed by atoms with E-state index in [0.29, 0.717) is 5.13 Å². The number of hydrogen-bond donors (Lipinski definition) is 1. The predicted molar refractivity (Wildman–Crippen MR) is 101 cm³/mol. The number of anilines is 1. The van der Waals surface area contributed by atoms with Crippen LogP contribution in [0.25, 0.3) is 6.08 Å². The molecule has 0 unspecified atom stereocenters. The number of aryl methyl sites for hydroxylation is 1. The number of unbranched alkanes of at least 4 members (excludes halogenated alkanes) is 4. The summed E-state index contributed by atoms with van der Waals surface area (Å²) in [4.78, 5) is 12.2. The molecule has 0 spiro atoms. The van der Waals surface area contributed by atoms with Gasteiger partial charge in [0, 0.05) is 6.42 Å². The van der Waals surface area contributed by atoms with Gasteiger partial charge in [-0.1, -0.05) is 74.3 Å². The van der Waals surface area contributed by atoms with Crippen LogP contribution in [0.2, 0.25) is 0 Å². The van der Waals surface area contributed by atoms with Crippen molar-refractivity contribution in [2.45, 2.75) is 45.4 Å². The van der Waals surface area contributed by atoms with Gasteiger partial charge >= 0.3 is 0 Å². The third-order valence-electron chi connectivity index (χ3n) is 3.66. The van der Waals surface area contributed by atoms with E-state index in [4.69, 9.17) is 0 Å². The molecule has 2 aromatic rings. The second-order valence-electron chi connectivity index (χ2n) is 5.70. The van der Waals surface area contributed by atoms with Crippen LogP contribution >= 0.6 is 11.3 Å². The Hall–Kier alpha value is -2.52. The Morgan fingerprint density at radius 1 is 1.20 bits per heavy atom. The first-order chi connectivity index (χ1) is 12.2. The van der Waals surface area contributed by atoms with Crippen molar-refractivity contribution in [3.05, 3.63) is 46.5 Å². The van der Waals surface area contributed by atoms with Gasteiger partial charge in [-0.3, -0.25) is 10.1 Å². The number of carbonyl (C=O) groups excluding carboxylic acids is 1. The highest BCUT2D eigenvalue weighted by Gasteiger charge is 2.12. The Bertz CT molecular complexity index is 746. The quantitative estimate of drug-likeness (QED) is 0.405. The lowest BCUT2D eigenvalue weighted by atomic mass is 10.1. The lowest BCUT2D eigenvalue weighted by Crippen LogP contribution is -2.13. The lowest BCUT2D eigenvalue weighted by molar-refractivity contribution is -0.112. The third-order valence-corrected chi connectivity index (χ3v) is 4.56. The minimum atomic E-state index is -0.461. The highest BCUT2D eigenvalue weighted by atomic mass is 32.1. The van der Waals surface area contributed by atoms with Gasteiger partial charge in [-0.2, -0.15) is 5.26 Å². The minimum Gasteiger partial charge on any atom is -0.296 e. The molecule has 1 aromatic carbocycles. The molecule has 0 radical (unpaired) electrons. The largest absolute Gasteiger partial charge is 0.296 e. The van der Waals surface area contributed by atoms with Gasteiger partial charge in [0.2, 0.25) is 5.13 Å². The van der Waals surface area contributed by atoms with Gasteiger partial charge in [0.15, 0.2) is 0 Å². The number of amides is 1. The van der Waals surface area contributed by atoms with Crippen LogP contribution in [0.5, 0.6) is 0 Å². The summed E-state index contributed by atoms with van der Waals surface area (Å²) < 4.78 is 0. The molecule has 0 bridgehead atoms. The number of carbonyl (C=O) groups is 1. The monoisotopic (exact) mass is 354 g/mol. The van der Waals surface area contributed by atoms with Gasteiger partial charge in [-0.05, 0) is 18.1 Å². The first-order valence-corrected chi connectivity index (χ1v) is 9.35. The van der Waals surface area contributed by atoms with Gasteiger partial charge in [-0.15, -0.1) is 10.2 Å². The van der Waals surface area contributed by atoms with Crippen LogP contribution in [0.1, 0.15) is 49.6 Å². The fraction of sp³-hybridized carbons (Fsp3) is 0.368. The Kier molecular flexibility index (Phi) is 7.80. The van der Waals surface area contributed by atoms with E-state index in [1.165, 1.54) is 37.0 Å². The zero-order valence-electron chi connectivity index (χ0n) is 14.4. The highest BCUT2D eigenvalue weighted by Crippen LogP contribution is 2.19. The van der Waals surface area contributed by atoms with Crippen molar-refractivity contribution in [2.75, 3.05) is 5.32 Å². The third kappa shape index (κ3) is 6.48. The molecule has 1 amide bonds. The van der Waals surface area contributed by atoms with E-state index in [1.807, 2.05) is 36.4 Å². The SMILES string of the molecule is CCCCCCCc1nnc(NC(=O)/C(C#N)=C\c2ccccc2)s1. The number of nitrogens with zero attached hydrogens (tertiary/aromatic N) is 3. The first-order valence-electron chi connectivity index (χ1n) is 8.53. The summed E-state index contributed by atoms with van der Waals surface area (Å²) in [7, 11) is 0. The Balaban J connectivity index is 1.89. The number of benzene rings is 1. The molecular formula is C19H22N4OS. The molecule has 0 atom stereocenters. The summed E-state index contributed by atoms with van der Waals surface area (Å²) in [6, 6.07) is 11.2. The first kappa shape index (κ1) is 18.8. The summed E-state index contributed by atoms with van der Waals surface area (Å²) in [6.45, 7) is 2.20. The molecule has 1 N–H and O–H groups in total. The smallest absolute Gasteiger partial charge is 0.268 e. The molecule has 25 heavy (non-hydrogen) atoms. The summed E-state index contributed by atoms with van der Waals surface area (Å²) >= 11 is 1.37. The van der Waals surface area contributed by atoms with E-state index in [0.717, 1.165) is 23.4 Å². The Morgan fingerprint density at radius 2 is 1.96 bits per heavy atom. The van der Waals surface area contributed by atoms with Crippen LogP contribution in [0.15, 0.2) is 35.9 Å². The van der Waals surface area contributed by atoms with Crippen LogP contribution in [-0.2, 0) is 11.2 Å². The lowest BCUT2D eigenvalue weighted by Gasteiger charge is -1.99. The summed E-state index contributed by atoms with van der Waals surface area (Å²) in [5.41, 5.74) is 0.849. The maximum Gasteiger partial charge on any atom is 0.268 e. The zero-order chi connectivity index (χ0) is 17.9. The van der Waals surface area contributed by atoms with Gasteiger partial charge in [0.05, 0.1) is 0 Å². The van der Waals surface area contributed by atoms with E-state index >= 15 is 0 Å². The van der Waals surface area contributed by atoms with Crippen LogP contribution in [0.4, 0.5) is 5.13 Å². The van der Waals surface area contributed by atoms with Crippen LogP contribution < -0.4 is 5.32 Å². The van der Waals surface area contributed by atoms with E-state index in [-0.39, 0.29) is 5.57 Å². The summed E-state index contributed by atoms with van der Waals surface area (Å²) in [5.74, 6) is -0.461. The van der Waals surface area contributed by atoms with E-state index in [2.05, 4.69) is 22.4 Å². The minimum absolute atomic E-state index is 0.0440. The van der Waals surface area contributed by atoms with Gasteiger partial charge in [0.25, 0.3) is 5.91 Å². The average molecular weight is 354 g/mol. The number of nitrogens with one attached hydrogen (secondary N) is 1. The Morgan fingerprint density at radius 3 is 2.68 bits per heavy atom. The number of nitriles is 1. The fourth-order valence-electron chi connectivity index (χ4n) is 2.31. The molecule has 1 heterocycles. The van der Waals surface area contributed by atoms with Crippen molar-refractivity contribution in [1.82, 2.24) is 10.2 Å². The van der Waals surface area contributed by atoms with Crippen molar-refractivity contribution < 1.29 is 4.79 Å².